The molecule has 9 nitrogen and oxygen atoms in total. The monoisotopic (exact) mass is 455 g/mol. The number of hydrogen-bond donors (Lipinski definition) is 2. The minimum absolute atomic E-state index is 0.644. The molecule has 4 aromatic rings. The minimum atomic E-state index is 0.644. The molecule has 1 fully saturated rings. The molecule has 0 aromatic carbocycles. The highest BCUT2D eigenvalue weighted by atomic mass is 15.3. The van der Waals surface area contributed by atoms with Crippen molar-refractivity contribution in [1.82, 2.24) is 35.0 Å². The van der Waals surface area contributed by atoms with Gasteiger partial charge in [-0.25, -0.2) is 15.0 Å². The summed E-state index contributed by atoms with van der Waals surface area (Å²) in [5, 5.41) is 10.4. The van der Waals surface area contributed by atoms with E-state index in [1.54, 1.807) is 0 Å². The predicted molar refractivity (Wildman–Crippen MR) is 133 cm³/mol. The fraction of sp³-hybridized carbons (Fsp3) is 0.320. The summed E-state index contributed by atoms with van der Waals surface area (Å²) < 4.78 is 0. The number of nitrogens with zero attached hydrogens (tertiary/aromatic N) is 7. The van der Waals surface area contributed by atoms with Crippen LogP contribution >= 0.6 is 0 Å². The van der Waals surface area contributed by atoms with E-state index in [1.807, 2.05) is 50.6 Å². The van der Waals surface area contributed by atoms with E-state index in [-0.39, 0.29) is 0 Å². The van der Waals surface area contributed by atoms with Gasteiger partial charge in [-0.15, -0.1) is 0 Å². The summed E-state index contributed by atoms with van der Waals surface area (Å²) in [5.74, 6) is 3.07. The van der Waals surface area contributed by atoms with Crippen LogP contribution in [0, 0.1) is 20.8 Å². The maximum absolute atomic E-state index is 4.73. The third-order valence-corrected chi connectivity index (χ3v) is 6.06. The fourth-order valence-electron chi connectivity index (χ4n) is 4.12. The molecule has 2 N–H and O–H groups in total. The first-order chi connectivity index (χ1) is 16.5. The average molecular weight is 456 g/mol. The molecule has 1 aliphatic heterocycles. The number of rotatable bonds is 6. The molecule has 0 radical (unpaired) electrons. The van der Waals surface area contributed by atoms with Crippen molar-refractivity contribution in [2.75, 3.05) is 36.4 Å². The Balaban J connectivity index is 1.23. The smallest absolute Gasteiger partial charge is 0.163 e. The van der Waals surface area contributed by atoms with E-state index in [9.17, 15) is 0 Å². The van der Waals surface area contributed by atoms with Crippen LogP contribution in [0.15, 0.2) is 48.9 Å². The number of hydrogen-bond acceptors (Lipinski definition) is 8. The predicted octanol–water partition coefficient (Wildman–Crippen LogP) is 3.65. The Morgan fingerprint density at radius 3 is 2.50 bits per heavy atom. The second-order valence-corrected chi connectivity index (χ2v) is 8.75. The van der Waals surface area contributed by atoms with Gasteiger partial charge in [0.05, 0.1) is 0 Å². The van der Waals surface area contributed by atoms with Gasteiger partial charge in [-0.1, -0.05) is 0 Å². The Morgan fingerprint density at radius 1 is 0.941 bits per heavy atom. The SMILES string of the molecule is Cc1cc(Nc2cc(C)[nH]n2)nc(-c2ccc(N3CCN(Cc4cnccc4C)CC3)nc2)n1. The van der Waals surface area contributed by atoms with E-state index in [4.69, 9.17) is 4.98 Å². The summed E-state index contributed by atoms with van der Waals surface area (Å²) in [6.07, 6.45) is 5.69. The summed E-state index contributed by atoms with van der Waals surface area (Å²) in [6, 6.07) is 10.0. The van der Waals surface area contributed by atoms with Gasteiger partial charge in [0.25, 0.3) is 0 Å². The van der Waals surface area contributed by atoms with Gasteiger partial charge >= 0.3 is 0 Å². The van der Waals surface area contributed by atoms with E-state index in [2.05, 4.69) is 59.3 Å². The third-order valence-electron chi connectivity index (χ3n) is 6.06. The van der Waals surface area contributed by atoms with Gasteiger partial charge in [-0.2, -0.15) is 5.10 Å². The first-order valence-electron chi connectivity index (χ1n) is 11.5. The molecule has 1 saturated heterocycles. The number of aromatic amines is 1. The lowest BCUT2D eigenvalue weighted by Gasteiger charge is -2.35. The Bertz CT molecular complexity index is 1260. The van der Waals surface area contributed by atoms with Crippen molar-refractivity contribution in [3.05, 3.63) is 71.4 Å². The van der Waals surface area contributed by atoms with Crippen LogP contribution in [0.4, 0.5) is 17.5 Å². The van der Waals surface area contributed by atoms with Crippen LogP contribution in [0.25, 0.3) is 11.4 Å². The largest absolute Gasteiger partial charge is 0.354 e. The molecule has 34 heavy (non-hydrogen) atoms. The Labute approximate surface area is 199 Å². The number of aryl methyl sites for hydroxylation is 3. The molecule has 0 spiro atoms. The zero-order chi connectivity index (χ0) is 23.5. The molecule has 9 heteroatoms. The van der Waals surface area contributed by atoms with Crippen molar-refractivity contribution in [1.29, 1.82) is 0 Å². The lowest BCUT2D eigenvalue weighted by atomic mass is 10.1. The molecule has 0 atom stereocenters. The molecule has 1 aliphatic rings. The molecule has 0 amide bonds. The van der Waals surface area contributed by atoms with Crippen molar-refractivity contribution >= 4 is 17.5 Å². The number of H-pyrrole nitrogens is 1. The molecule has 5 rings (SSSR count). The molecule has 0 unspecified atom stereocenters. The Hall–Kier alpha value is -3.85. The third kappa shape index (κ3) is 5.04. The number of anilines is 3. The average Bonchev–Trinajstić information content (AvgIpc) is 3.25. The first-order valence-corrected chi connectivity index (χ1v) is 11.5. The fourth-order valence-corrected chi connectivity index (χ4v) is 4.12. The number of aromatic nitrogens is 6. The van der Waals surface area contributed by atoms with Crippen LogP contribution < -0.4 is 10.2 Å². The van der Waals surface area contributed by atoms with Gasteiger partial charge in [0.2, 0.25) is 0 Å². The van der Waals surface area contributed by atoms with Gasteiger partial charge in [-0.3, -0.25) is 15.0 Å². The highest BCUT2D eigenvalue weighted by Gasteiger charge is 2.19. The maximum Gasteiger partial charge on any atom is 0.163 e. The van der Waals surface area contributed by atoms with Gasteiger partial charge in [-0.05, 0) is 50.1 Å². The van der Waals surface area contributed by atoms with Crippen LogP contribution in [0.3, 0.4) is 0 Å². The van der Waals surface area contributed by atoms with Crippen molar-refractivity contribution in [2.24, 2.45) is 0 Å². The van der Waals surface area contributed by atoms with E-state index in [0.29, 0.717) is 11.6 Å². The Kier molecular flexibility index (Phi) is 6.18. The number of pyridine rings is 2. The van der Waals surface area contributed by atoms with E-state index in [0.717, 1.165) is 61.3 Å². The van der Waals surface area contributed by atoms with Crippen molar-refractivity contribution in [2.45, 2.75) is 27.3 Å². The van der Waals surface area contributed by atoms with Crippen molar-refractivity contribution in [3.63, 3.8) is 0 Å². The molecule has 0 bridgehead atoms. The molecule has 5 heterocycles. The molecule has 0 saturated carbocycles. The zero-order valence-corrected chi connectivity index (χ0v) is 19.8. The second kappa shape index (κ2) is 9.56. The van der Waals surface area contributed by atoms with Crippen LogP contribution in [0.2, 0.25) is 0 Å². The number of piperazine rings is 1. The van der Waals surface area contributed by atoms with Crippen molar-refractivity contribution < 1.29 is 0 Å². The summed E-state index contributed by atoms with van der Waals surface area (Å²) in [6.45, 7) is 10.9. The van der Waals surface area contributed by atoms with E-state index < -0.39 is 0 Å². The maximum atomic E-state index is 4.73. The highest BCUT2D eigenvalue weighted by molar-refractivity contribution is 5.61. The van der Waals surface area contributed by atoms with Gasteiger partial charge in [0, 0.05) is 80.4 Å². The van der Waals surface area contributed by atoms with E-state index >= 15 is 0 Å². The lowest BCUT2D eigenvalue weighted by molar-refractivity contribution is 0.248. The van der Waals surface area contributed by atoms with Gasteiger partial charge in [0.15, 0.2) is 11.6 Å². The van der Waals surface area contributed by atoms with Gasteiger partial charge in [0.1, 0.15) is 11.6 Å². The van der Waals surface area contributed by atoms with Crippen LogP contribution in [0.1, 0.15) is 22.5 Å². The summed E-state index contributed by atoms with van der Waals surface area (Å²) in [7, 11) is 0. The minimum Gasteiger partial charge on any atom is -0.354 e. The number of nitrogens with one attached hydrogen (secondary N) is 2. The standard InChI is InChI=1S/C25H29N9/c1-17-6-7-26-14-21(17)16-33-8-10-34(11-9-33)24-5-4-20(15-27-24)25-28-18(2)12-22(30-25)29-23-13-19(3)31-32-23/h4-7,12-15H,8-11,16H2,1-3H3,(H2,28,29,30,31,32). The normalized spacial score (nSPS) is 14.4. The first kappa shape index (κ1) is 22.0. The molecule has 0 aliphatic carbocycles. The van der Waals surface area contributed by atoms with Crippen LogP contribution in [-0.2, 0) is 6.54 Å². The Morgan fingerprint density at radius 2 is 1.79 bits per heavy atom. The summed E-state index contributed by atoms with van der Waals surface area (Å²) in [5.41, 5.74) is 5.35. The van der Waals surface area contributed by atoms with Crippen molar-refractivity contribution in [3.8, 4) is 11.4 Å². The molecule has 174 valence electrons. The van der Waals surface area contributed by atoms with Crippen LogP contribution in [-0.4, -0.2) is 61.2 Å². The summed E-state index contributed by atoms with van der Waals surface area (Å²) in [4.78, 5) is 23.1. The second-order valence-electron chi connectivity index (χ2n) is 8.75. The lowest BCUT2D eigenvalue weighted by Crippen LogP contribution is -2.46. The molecular formula is C25H29N9. The summed E-state index contributed by atoms with van der Waals surface area (Å²) >= 11 is 0. The molecule has 4 aromatic heterocycles. The van der Waals surface area contributed by atoms with Gasteiger partial charge < -0.3 is 10.2 Å². The topological polar surface area (TPSA) is 98.8 Å². The van der Waals surface area contributed by atoms with E-state index in [1.165, 1.54) is 11.1 Å². The van der Waals surface area contributed by atoms with Crippen LogP contribution in [0.5, 0.6) is 0 Å². The zero-order valence-electron chi connectivity index (χ0n) is 19.8. The highest BCUT2D eigenvalue weighted by Crippen LogP contribution is 2.22. The quantitative estimate of drug-likeness (QED) is 0.455. The molecular weight excluding hydrogens is 426 g/mol.